The molecule has 1 unspecified atom stereocenters. The highest BCUT2D eigenvalue weighted by atomic mass is 79.9. The number of ether oxygens (including phenoxy) is 1. The highest BCUT2D eigenvalue weighted by molar-refractivity contribution is 9.10. The van der Waals surface area contributed by atoms with E-state index in [1.807, 2.05) is 35.7 Å². The number of nitrogens with zero attached hydrogens (tertiary/aromatic N) is 2. The number of hydrogen-bond acceptors (Lipinski definition) is 4. The van der Waals surface area contributed by atoms with Crippen LogP contribution in [-0.2, 0) is 9.53 Å². The average molecular weight is 423 g/mol. The smallest absolute Gasteiger partial charge is 0.264 e. The van der Waals surface area contributed by atoms with E-state index in [0.29, 0.717) is 24.6 Å². The molecular formula is C18H19BrN2O3S. The summed E-state index contributed by atoms with van der Waals surface area (Å²) in [5.41, 5.74) is 1.05. The first-order valence-electron chi connectivity index (χ1n) is 7.98. The van der Waals surface area contributed by atoms with Crippen LogP contribution >= 0.6 is 27.3 Å². The Morgan fingerprint density at radius 2 is 2.08 bits per heavy atom. The summed E-state index contributed by atoms with van der Waals surface area (Å²) in [6.07, 6.45) is -0.135. The molecule has 0 radical (unpaired) electrons. The highest BCUT2D eigenvalue weighted by Crippen LogP contribution is 2.24. The van der Waals surface area contributed by atoms with Gasteiger partial charge in [0.15, 0.2) is 0 Å². The largest absolute Gasteiger partial charge is 0.370 e. The summed E-state index contributed by atoms with van der Waals surface area (Å²) in [6, 6.07) is 11.5. The molecule has 5 nitrogen and oxygen atoms in total. The fraction of sp³-hybridized carbons (Fsp3) is 0.333. The maximum atomic E-state index is 12.6. The predicted molar refractivity (Wildman–Crippen MR) is 101 cm³/mol. The van der Waals surface area contributed by atoms with Gasteiger partial charge in [-0.3, -0.25) is 9.59 Å². The SMILES string of the molecule is CN(CC(=O)N1CCOC(c2ccc(Br)cc2)C1)C(=O)c1cccs1. The number of hydrogen-bond donors (Lipinski definition) is 0. The van der Waals surface area contributed by atoms with Crippen LogP contribution in [0.2, 0.25) is 0 Å². The van der Waals surface area contributed by atoms with Gasteiger partial charge in [0.25, 0.3) is 5.91 Å². The second-order valence-corrected chi connectivity index (χ2v) is 7.75. The van der Waals surface area contributed by atoms with Crippen molar-refractivity contribution in [2.45, 2.75) is 6.10 Å². The van der Waals surface area contributed by atoms with E-state index in [9.17, 15) is 9.59 Å². The van der Waals surface area contributed by atoms with Gasteiger partial charge in [0.05, 0.1) is 24.6 Å². The molecule has 0 N–H and O–H groups in total. The summed E-state index contributed by atoms with van der Waals surface area (Å²) in [7, 11) is 1.66. The van der Waals surface area contributed by atoms with Gasteiger partial charge in [-0.25, -0.2) is 0 Å². The first kappa shape index (κ1) is 18.1. The Hall–Kier alpha value is -1.70. The molecule has 2 amide bonds. The number of carbonyl (C=O) groups is 2. The quantitative estimate of drug-likeness (QED) is 0.759. The van der Waals surface area contributed by atoms with Crippen molar-refractivity contribution in [3.8, 4) is 0 Å². The minimum absolute atomic E-state index is 0.0576. The molecule has 1 saturated heterocycles. The molecule has 2 heterocycles. The average Bonchev–Trinajstić information content (AvgIpc) is 3.16. The number of amides is 2. The van der Waals surface area contributed by atoms with Crippen LogP contribution < -0.4 is 0 Å². The monoisotopic (exact) mass is 422 g/mol. The summed E-state index contributed by atoms with van der Waals surface area (Å²) in [5.74, 6) is -0.182. The summed E-state index contributed by atoms with van der Waals surface area (Å²) in [5, 5.41) is 1.85. The van der Waals surface area contributed by atoms with Crippen molar-refractivity contribution < 1.29 is 14.3 Å². The van der Waals surface area contributed by atoms with E-state index >= 15 is 0 Å². The summed E-state index contributed by atoms with van der Waals surface area (Å²) < 4.78 is 6.82. The normalized spacial score (nSPS) is 17.4. The third-order valence-corrected chi connectivity index (χ3v) is 5.50. The lowest BCUT2D eigenvalue weighted by Crippen LogP contribution is -2.47. The standard InChI is InChI=1S/C18H19BrN2O3S/c1-20(18(23)16-3-2-10-25-16)12-17(22)21-8-9-24-15(11-21)13-4-6-14(19)7-5-13/h2-7,10,15H,8-9,11-12H2,1H3. The third kappa shape index (κ3) is 4.48. The maximum absolute atomic E-state index is 12.6. The number of benzene rings is 1. The zero-order valence-corrected chi connectivity index (χ0v) is 16.3. The number of morpholine rings is 1. The summed E-state index contributed by atoms with van der Waals surface area (Å²) in [6.45, 7) is 1.62. The third-order valence-electron chi connectivity index (χ3n) is 4.11. The minimum atomic E-state index is -0.135. The molecule has 1 atom stereocenters. The van der Waals surface area contributed by atoms with Crippen molar-refractivity contribution in [1.29, 1.82) is 0 Å². The zero-order valence-electron chi connectivity index (χ0n) is 13.9. The van der Waals surface area contributed by atoms with Gasteiger partial charge in [-0.05, 0) is 29.1 Å². The van der Waals surface area contributed by atoms with Crippen molar-refractivity contribution in [3.63, 3.8) is 0 Å². The van der Waals surface area contributed by atoms with Crippen LogP contribution in [0.5, 0.6) is 0 Å². The number of rotatable bonds is 4. The Bertz CT molecular complexity index is 733. The number of thiophene rings is 1. The van der Waals surface area contributed by atoms with E-state index in [-0.39, 0.29) is 24.5 Å². The van der Waals surface area contributed by atoms with Gasteiger partial charge in [0, 0.05) is 18.1 Å². The summed E-state index contributed by atoms with van der Waals surface area (Å²) in [4.78, 5) is 28.8. The minimum Gasteiger partial charge on any atom is -0.370 e. The Labute approximate surface area is 159 Å². The first-order chi connectivity index (χ1) is 12.0. The van der Waals surface area contributed by atoms with E-state index in [0.717, 1.165) is 10.0 Å². The van der Waals surface area contributed by atoms with Crippen molar-refractivity contribution in [3.05, 3.63) is 56.7 Å². The van der Waals surface area contributed by atoms with Crippen molar-refractivity contribution in [2.24, 2.45) is 0 Å². The lowest BCUT2D eigenvalue weighted by atomic mass is 10.1. The van der Waals surface area contributed by atoms with Crippen molar-refractivity contribution >= 4 is 39.1 Å². The molecule has 0 aliphatic carbocycles. The lowest BCUT2D eigenvalue weighted by Gasteiger charge is -2.34. The van der Waals surface area contributed by atoms with Crippen LogP contribution in [0.1, 0.15) is 21.3 Å². The first-order valence-corrected chi connectivity index (χ1v) is 9.65. The van der Waals surface area contributed by atoms with Gasteiger partial charge in [-0.15, -0.1) is 11.3 Å². The zero-order chi connectivity index (χ0) is 17.8. The molecule has 7 heteroatoms. The van der Waals surface area contributed by atoms with Gasteiger partial charge in [-0.1, -0.05) is 34.1 Å². The van der Waals surface area contributed by atoms with Gasteiger partial charge < -0.3 is 14.5 Å². The Balaban J connectivity index is 1.60. The molecule has 3 rings (SSSR count). The molecular weight excluding hydrogens is 404 g/mol. The van der Waals surface area contributed by atoms with Crippen LogP contribution in [0.25, 0.3) is 0 Å². The van der Waals surface area contributed by atoms with Gasteiger partial charge >= 0.3 is 0 Å². The van der Waals surface area contributed by atoms with Crippen molar-refractivity contribution in [1.82, 2.24) is 9.80 Å². The fourth-order valence-corrected chi connectivity index (χ4v) is 3.70. The van der Waals surface area contributed by atoms with E-state index in [1.165, 1.54) is 16.2 Å². The second-order valence-electron chi connectivity index (χ2n) is 5.89. The van der Waals surface area contributed by atoms with E-state index in [1.54, 1.807) is 18.0 Å². The second kappa shape index (κ2) is 8.12. The molecule has 0 bridgehead atoms. The number of carbonyl (C=O) groups excluding carboxylic acids is 2. The van der Waals surface area contributed by atoms with E-state index in [2.05, 4.69) is 15.9 Å². The van der Waals surface area contributed by atoms with Gasteiger partial charge in [0.1, 0.15) is 6.10 Å². The molecule has 2 aromatic rings. The van der Waals surface area contributed by atoms with E-state index in [4.69, 9.17) is 4.74 Å². The molecule has 1 aliphatic rings. The molecule has 25 heavy (non-hydrogen) atoms. The van der Waals surface area contributed by atoms with Crippen LogP contribution in [-0.4, -0.2) is 54.9 Å². The van der Waals surface area contributed by atoms with Crippen LogP contribution in [0.4, 0.5) is 0 Å². The number of halogens is 1. The Morgan fingerprint density at radius 1 is 1.32 bits per heavy atom. The molecule has 132 valence electrons. The molecule has 1 aliphatic heterocycles. The van der Waals surface area contributed by atoms with Gasteiger partial charge in [0.2, 0.25) is 5.91 Å². The molecule has 0 saturated carbocycles. The topological polar surface area (TPSA) is 49.9 Å². The van der Waals surface area contributed by atoms with E-state index < -0.39 is 0 Å². The highest BCUT2D eigenvalue weighted by Gasteiger charge is 2.27. The van der Waals surface area contributed by atoms with Gasteiger partial charge in [-0.2, -0.15) is 0 Å². The Morgan fingerprint density at radius 3 is 2.76 bits per heavy atom. The lowest BCUT2D eigenvalue weighted by molar-refractivity contribution is -0.139. The molecule has 1 aromatic heterocycles. The van der Waals surface area contributed by atoms with Crippen LogP contribution in [0.3, 0.4) is 0 Å². The summed E-state index contributed by atoms with van der Waals surface area (Å²) >= 11 is 4.80. The fourth-order valence-electron chi connectivity index (χ4n) is 2.72. The number of likely N-dealkylation sites (N-methyl/N-ethyl adjacent to an activating group) is 1. The Kier molecular flexibility index (Phi) is 5.88. The molecule has 0 spiro atoms. The predicted octanol–water partition coefficient (Wildman–Crippen LogP) is 3.18. The van der Waals surface area contributed by atoms with Crippen molar-refractivity contribution in [2.75, 3.05) is 33.3 Å². The molecule has 1 fully saturated rings. The van der Waals surface area contributed by atoms with Crippen LogP contribution in [0, 0.1) is 0 Å². The maximum Gasteiger partial charge on any atom is 0.264 e. The van der Waals surface area contributed by atoms with Crippen LogP contribution in [0.15, 0.2) is 46.3 Å². The molecule has 1 aromatic carbocycles.